The summed E-state index contributed by atoms with van der Waals surface area (Å²) in [5.74, 6) is -0.879. The highest BCUT2D eigenvalue weighted by atomic mass is 16.5. The van der Waals surface area contributed by atoms with E-state index in [1.807, 2.05) is 19.1 Å². The lowest BCUT2D eigenvalue weighted by Crippen LogP contribution is -2.44. The molecule has 0 radical (unpaired) electrons. The van der Waals surface area contributed by atoms with E-state index in [0.29, 0.717) is 17.6 Å². The predicted molar refractivity (Wildman–Crippen MR) is 102 cm³/mol. The van der Waals surface area contributed by atoms with Crippen molar-refractivity contribution in [3.8, 4) is 0 Å². The normalized spacial score (nSPS) is 17.2. The van der Waals surface area contributed by atoms with Gasteiger partial charge in [0.25, 0.3) is 11.5 Å². The van der Waals surface area contributed by atoms with Gasteiger partial charge in [0.1, 0.15) is 17.6 Å². The largest absolute Gasteiger partial charge is 0.454 e. The standard InChI is InChI=1S/C20H21N3O5/c1-13-6-4-5-9-23(13)16(24)11-27-17(25)10-22-12-21-18-14-7-2-3-8-15(14)28-19(18)20(22)26/h2-3,7-8,12-13H,4-6,9-11H2,1H3. The molecule has 0 N–H and O–H groups in total. The van der Waals surface area contributed by atoms with Crippen LogP contribution in [0.1, 0.15) is 26.2 Å². The number of rotatable bonds is 4. The van der Waals surface area contributed by atoms with Crippen LogP contribution in [0.25, 0.3) is 22.1 Å². The van der Waals surface area contributed by atoms with Crippen molar-refractivity contribution in [2.24, 2.45) is 0 Å². The predicted octanol–water partition coefficient (Wildman–Crippen LogP) is 2.09. The summed E-state index contributed by atoms with van der Waals surface area (Å²) >= 11 is 0. The van der Waals surface area contributed by atoms with Crippen molar-refractivity contribution in [2.45, 2.75) is 38.8 Å². The minimum Gasteiger partial charge on any atom is -0.454 e. The molecule has 1 aliphatic heterocycles. The second-order valence-corrected chi connectivity index (χ2v) is 7.05. The summed E-state index contributed by atoms with van der Waals surface area (Å²) in [6.07, 6.45) is 4.31. The lowest BCUT2D eigenvalue weighted by molar-refractivity contribution is -0.154. The van der Waals surface area contributed by atoms with Crippen LogP contribution >= 0.6 is 0 Å². The van der Waals surface area contributed by atoms with Gasteiger partial charge in [-0.3, -0.25) is 19.0 Å². The molecular weight excluding hydrogens is 362 g/mol. The first-order chi connectivity index (χ1) is 13.5. The summed E-state index contributed by atoms with van der Waals surface area (Å²) < 4.78 is 11.8. The Hall–Kier alpha value is -3.16. The van der Waals surface area contributed by atoms with Crippen molar-refractivity contribution in [1.82, 2.24) is 14.5 Å². The Morgan fingerprint density at radius 2 is 2.11 bits per heavy atom. The number of hydrogen-bond donors (Lipinski definition) is 0. The molecule has 3 aromatic rings. The van der Waals surface area contributed by atoms with Crippen molar-refractivity contribution in [3.63, 3.8) is 0 Å². The van der Waals surface area contributed by atoms with Gasteiger partial charge in [-0.2, -0.15) is 0 Å². The molecule has 1 aromatic carbocycles. The van der Waals surface area contributed by atoms with E-state index >= 15 is 0 Å². The molecule has 0 spiro atoms. The van der Waals surface area contributed by atoms with Crippen LogP contribution in [0.15, 0.2) is 39.8 Å². The molecule has 8 heteroatoms. The fourth-order valence-electron chi connectivity index (χ4n) is 3.61. The van der Waals surface area contributed by atoms with Crippen LogP contribution in [-0.4, -0.2) is 45.5 Å². The number of nitrogens with zero attached hydrogens (tertiary/aromatic N) is 3. The summed E-state index contributed by atoms with van der Waals surface area (Å²) in [5, 5.41) is 0.741. The molecule has 0 saturated carbocycles. The van der Waals surface area contributed by atoms with Crippen molar-refractivity contribution in [2.75, 3.05) is 13.2 Å². The van der Waals surface area contributed by atoms with Crippen molar-refractivity contribution < 1.29 is 18.7 Å². The number of para-hydroxylation sites is 1. The third-order valence-corrected chi connectivity index (χ3v) is 5.13. The number of ether oxygens (including phenoxy) is 1. The Morgan fingerprint density at radius 3 is 2.93 bits per heavy atom. The Labute approximate surface area is 160 Å². The average Bonchev–Trinajstić information content (AvgIpc) is 3.08. The molecule has 1 aliphatic rings. The lowest BCUT2D eigenvalue weighted by atomic mass is 10.0. The molecule has 1 atom stereocenters. The van der Waals surface area contributed by atoms with E-state index < -0.39 is 11.5 Å². The van der Waals surface area contributed by atoms with E-state index in [9.17, 15) is 14.4 Å². The number of likely N-dealkylation sites (tertiary alicyclic amines) is 1. The lowest BCUT2D eigenvalue weighted by Gasteiger charge is -2.33. The van der Waals surface area contributed by atoms with Crippen molar-refractivity contribution >= 4 is 33.9 Å². The summed E-state index contributed by atoms with van der Waals surface area (Å²) in [7, 11) is 0. The molecule has 3 heterocycles. The van der Waals surface area contributed by atoms with Crippen molar-refractivity contribution in [3.05, 3.63) is 40.9 Å². The quantitative estimate of drug-likeness (QED) is 0.640. The molecule has 146 valence electrons. The van der Waals surface area contributed by atoms with Gasteiger partial charge in [0.2, 0.25) is 5.58 Å². The number of carbonyl (C=O) groups is 2. The van der Waals surface area contributed by atoms with Crippen LogP contribution in [0.4, 0.5) is 0 Å². The number of amides is 1. The zero-order valence-corrected chi connectivity index (χ0v) is 15.6. The molecule has 28 heavy (non-hydrogen) atoms. The summed E-state index contributed by atoms with van der Waals surface area (Å²) in [6.45, 7) is 2.02. The molecule has 0 bridgehead atoms. The first kappa shape index (κ1) is 18.2. The van der Waals surface area contributed by atoms with Crippen LogP contribution in [0.3, 0.4) is 0 Å². The van der Waals surface area contributed by atoms with E-state index in [-0.39, 0.29) is 30.7 Å². The Morgan fingerprint density at radius 1 is 1.29 bits per heavy atom. The number of furan rings is 1. The van der Waals surface area contributed by atoms with Gasteiger partial charge in [-0.1, -0.05) is 12.1 Å². The molecule has 8 nitrogen and oxygen atoms in total. The number of hydrogen-bond acceptors (Lipinski definition) is 6. The Balaban J connectivity index is 1.45. The molecular formula is C20H21N3O5. The first-order valence-corrected chi connectivity index (χ1v) is 9.36. The molecule has 2 aromatic heterocycles. The highest BCUT2D eigenvalue weighted by Crippen LogP contribution is 2.24. The van der Waals surface area contributed by atoms with Crippen LogP contribution in [0, 0.1) is 0 Å². The van der Waals surface area contributed by atoms with Crippen LogP contribution < -0.4 is 5.56 Å². The highest BCUT2D eigenvalue weighted by molar-refractivity contribution is 6.01. The number of carbonyl (C=O) groups excluding carboxylic acids is 2. The van der Waals surface area contributed by atoms with Gasteiger partial charge in [-0.05, 0) is 38.3 Å². The van der Waals surface area contributed by atoms with Gasteiger partial charge in [0.05, 0.1) is 6.33 Å². The third-order valence-electron chi connectivity index (χ3n) is 5.13. The number of piperidine rings is 1. The van der Waals surface area contributed by atoms with Gasteiger partial charge >= 0.3 is 5.97 Å². The molecule has 1 fully saturated rings. The van der Waals surface area contributed by atoms with E-state index in [1.54, 1.807) is 17.0 Å². The molecule has 4 rings (SSSR count). The summed E-state index contributed by atoms with van der Waals surface area (Å²) in [4.78, 5) is 43.0. The van der Waals surface area contributed by atoms with Gasteiger partial charge in [0.15, 0.2) is 6.61 Å². The SMILES string of the molecule is CC1CCCCN1C(=O)COC(=O)Cn1cnc2c(oc3ccccc32)c1=O. The minimum absolute atomic E-state index is 0.0923. The number of aromatic nitrogens is 2. The second-order valence-electron chi connectivity index (χ2n) is 7.05. The number of esters is 1. The average molecular weight is 383 g/mol. The maximum absolute atomic E-state index is 12.6. The first-order valence-electron chi connectivity index (χ1n) is 9.36. The van der Waals surface area contributed by atoms with Crippen LogP contribution in [0.2, 0.25) is 0 Å². The van der Waals surface area contributed by atoms with Crippen LogP contribution in [0.5, 0.6) is 0 Å². The zero-order chi connectivity index (χ0) is 19.7. The third kappa shape index (κ3) is 3.37. The van der Waals surface area contributed by atoms with Gasteiger partial charge < -0.3 is 14.1 Å². The van der Waals surface area contributed by atoms with Crippen molar-refractivity contribution in [1.29, 1.82) is 0 Å². The second kappa shape index (κ2) is 7.46. The number of fused-ring (bicyclic) bond motifs is 3. The van der Waals surface area contributed by atoms with Gasteiger partial charge in [-0.25, -0.2) is 4.98 Å². The Bertz CT molecular complexity index is 1100. The van der Waals surface area contributed by atoms with Gasteiger partial charge in [0, 0.05) is 18.0 Å². The smallest absolute Gasteiger partial charge is 0.326 e. The van der Waals surface area contributed by atoms with E-state index in [2.05, 4.69) is 4.98 Å². The minimum atomic E-state index is -0.669. The number of benzene rings is 1. The Kier molecular flexibility index (Phi) is 4.85. The van der Waals surface area contributed by atoms with E-state index in [1.165, 1.54) is 6.33 Å². The zero-order valence-electron chi connectivity index (χ0n) is 15.6. The maximum Gasteiger partial charge on any atom is 0.326 e. The molecule has 0 aliphatic carbocycles. The maximum atomic E-state index is 12.6. The molecule has 1 amide bonds. The van der Waals surface area contributed by atoms with Crippen LogP contribution in [-0.2, 0) is 20.9 Å². The topological polar surface area (TPSA) is 94.6 Å². The van der Waals surface area contributed by atoms with E-state index in [4.69, 9.17) is 9.15 Å². The highest BCUT2D eigenvalue weighted by Gasteiger charge is 2.24. The fourth-order valence-corrected chi connectivity index (χ4v) is 3.61. The van der Waals surface area contributed by atoms with E-state index in [0.717, 1.165) is 29.2 Å². The fraction of sp³-hybridized carbons (Fsp3) is 0.400. The van der Waals surface area contributed by atoms with Gasteiger partial charge in [-0.15, -0.1) is 0 Å². The molecule has 1 saturated heterocycles. The summed E-state index contributed by atoms with van der Waals surface area (Å²) in [6, 6.07) is 7.37. The summed E-state index contributed by atoms with van der Waals surface area (Å²) in [5.41, 5.74) is 0.645. The molecule has 1 unspecified atom stereocenters. The monoisotopic (exact) mass is 383 g/mol.